The molecule has 0 saturated carbocycles. The van der Waals surface area contributed by atoms with Crippen LogP contribution in [0.4, 0.5) is 0 Å². The van der Waals surface area contributed by atoms with Crippen molar-refractivity contribution in [2.24, 2.45) is 0 Å². The molecule has 0 amide bonds. The van der Waals surface area contributed by atoms with Crippen LogP contribution in [0, 0.1) is 13.8 Å². The third-order valence-corrected chi connectivity index (χ3v) is 6.18. The van der Waals surface area contributed by atoms with Gasteiger partial charge in [0.05, 0.1) is 16.8 Å². The Morgan fingerprint density at radius 1 is 0.900 bits per heavy atom. The predicted octanol–water partition coefficient (Wildman–Crippen LogP) is 4.21. The van der Waals surface area contributed by atoms with Crippen molar-refractivity contribution in [2.75, 3.05) is 0 Å². The summed E-state index contributed by atoms with van der Waals surface area (Å²) in [5, 5.41) is 1.38. The molecule has 0 aliphatic carbocycles. The smallest absolute Gasteiger partial charge is 0.246 e. The minimum atomic E-state index is -4.27. The predicted molar refractivity (Wildman–Crippen MR) is 116 cm³/mol. The monoisotopic (exact) mass is 420 g/mol. The van der Waals surface area contributed by atoms with Gasteiger partial charge in [0.1, 0.15) is 15.6 Å². The fraction of sp³-hybridized carbons (Fsp3) is 0.208. The van der Waals surface area contributed by atoms with Gasteiger partial charge in [-0.25, -0.2) is 8.42 Å². The Kier molecular flexibility index (Phi) is 5.45. The summed E-state index contributed by atoms with van der Waals surface area (Å²) in [5.41, 5.74) is 6.31. The fourth-order valence-corrected chi connectivity index (χ4v) is 4.37. The number of fused-ring (bicyclic) bond motifs is 3. The molecule has 0 atom stereocenters. The molecule has 0 N–H and O–H groups in total. The highest BCUT2D eigenvalue weighted by molar-refractivity contribution is 7.85. The van der Waals surface area contributed by atoms with Gasteiger partial charge in [-0.05, 0) is 50.2 Å². The minimum absolute atomic E-state index is 0.178. The van der Waals surface area contributed by atoms with E-state index in [4.69, 9.17) is 0 Å². The summed E-state index contributed by atoms with van der Waals surface area (Å²) in [5.74, 6) is 0. The number of aromatic nitrogens is 2. The molecule has 1 aliphatic rings. The van der Waals surface area contributed by atoms with E-state index in [0.717, 1.165) is 18.7 Å². The van der Waals surface area contributed by atoms with Gasteiger partial charge < -0.3 is 4.55 Å². The van der Waals surface area contributed by atoms with Crippen LogP contribution in [0.5, 0.6) is 0 Å². The van der Waals surface area contributed by atoms with E-state index < -0.39 is 10.1 Å². The van der Waals surface area contributed by atoms with Crippen LogP contribution in [0.25, 0.3) is 22.2 Å². The highest BCUT2D eigenvalue weighted by Gasteiger charge is 2.29. The van der Waals surface area contributed by atoms with Crippen molar-refractivity contribution < 1.29 is 17.7 Å². The van der Waals surface area contributed by atoms with E-state index >= 15 is 0 Å². The Labute approximate surface area is 176 Å². The Morgan fingerprint density at radius 2 is 1.57 bits per heavy atom. The van der Waals surface area contributed by atoms with E-state index in [0.29, 0.717) is 0 Å². The average molecular weight is 421 g/mol. The van der Waals surface area contributed by atoms with Crippen LogP contribution in [0.15, 0.2) is 77.7 Å². The maximum absolute atomic E-state index is 10.4. The first-order chi connectivity index (χ1) is 14.3. The molecule has 30 heavy (non-hydrogen) atoms. The Hall–Kier alpha value is -2.96. The molecule has 0 fully saturated rings. The fourth-order valence-electron chi connectivity index (χ4n) is 3.90. The molecule has 2 heterocycles. The Bertz CT molecular complexity index is 1290. The lowest BCUT2D eigenvalue weighted by atomic mass is 10.1. The lowest BCUT2D eigenvalue weighted by molar-refractivity contribution is -0.745. The second kappa shape index (κ2) is 8.05. The molecule has 0 spiro atoms. The maximum Gasteiger partial charge on any atom is 0.246 e. The standard InChI is InChI=1S/C17H17N2.C7H8O3S/c1-13-8-9-16-15(12-13)17(14-6-3-2-4-7-14)19-11-5-10-18(16)19;1-6-2-4-7(5-3-6)11(8,9)10/h2-4,6-9,12H,5,10-11H2,1H3;2-5H,1H3,(H,8,9,10)/q+1;/p-1. The molecule has 0 bridgehead atoms. The van der Waals surface area contributed by atoms with Crippen molar-refractivity contribution in [2.45, 2.75) is 38.3 Å². The number of benzene rings is 3. The van der Waals surface area contributed by atoms with Gasteiger partial charge >= 0.3 is 0 Å². The van der Waals surface area contributed by atoms with E-state index in [1.807, 2.05) is 6.92 Å². The van der Waals surface area contributed by atoms with Crippen LogP contribution in [0.3, 0.4) is 0 Å². The molecule has 6 heteroatoms. The zero-order valence-corrected chi connectivity index (χ0v) is 17.9. The summed E-state index contributed by atoms with van der Waals surface area (Å²) < 4.78 is 36.0. The van der Waals surface area contributed by atoms with Crippen molar-refractivity contribution >= 4 is 21.0 Å². The Morgan fingerprint density at radius 3 is 2.23 bits per heavy atom. The van der Waals surface area contributed by atoms with Gasteiger partial charge in [-0.2, -0.15) is 4.68 Å². The molecule has 5 rings (SSSR count). The second-order valence-electron chi connectivity index (χ2n) is 7.60. The van der Waals surface area contributed by atoms with Crippen molar-refractivity contribution in [3.63, 3.8) is 0 Å². The summed E-state index contributed by atoms with van der Waals surface area (Å²) in [6.07, 6.45) is 1.24. The lowest BCUT2D eigenvalue weighted by Gasteiger charge is -2.05. The summed E-state index contributed by atoms with van der Waals surface area (Å²) in [6.45, 7) is 6.24. The van der Waals surface area contributed by atoms with Gasteiger partial charge in [0.2, 0.25) is 5.69 Å². The SMILES string of the molecule is Cc1ccc(S(=O)(=O)[O-])cc1.Cc1ccc2c(c1)c(-c1ccccc1)[n+]1n2CCC1. The van der Waals surface area contributed by atoms with Crippen LogP contribution in [0.1, 0.15) is 17.5 Å². The summed E-state index contributed by atoms with van der Waals surface area (Å²) in [4.78, 5) is -0.178. The lowest BCUT2D eigenvalue weighted by Crippen LogP contribution is -2.38. The molecule has 0 saturated heterocycles. The van der Waals surface area contributed by atoms with Crippen molar-refractivity contribution in [1.29, 1.82) is 0 Å². The molecule has 0 radical (unpaired) electrons. The highest BCUT2D eigenvalue weighted by Crippen LogP contribution is 2.29. The third-order valence-electron chi connectivity index (χ3n) is 5.33. The summed E-state index contributed by atoms with van der Waals surface area (Å²) >= 11 is 0. The minimum Gasteiger partial charge on any atom is -0.744 e. The van der Waals surface area contributed by atoms with Gasteiger partial charge in [0.15, 0.2) is 6.54 Å². The zero-order chi connectivity index (χ0) is 21.3. The van der Waals surface area contributed by atoms with E-state index in [2.05, 4.69) is 64.8 Å². The number of rotatable bonds is 2. The summed E-state index contributed by atoms with van der Waals surface area (Å²) in [7, 11) is -4.27. The van der Waals surface area contributed by atoms with Gasteiger partial charge in [-0.1, -0.05) is 47.5 Å². The maximum atomic E-state index is 10.4. The van der Waals surface area contributed by atoms with Crippen LogP contribution in [0.2, 0.25) is 0 Å². The van der Waals surface area contributed by atoms with Crippen LogP contribution in [-0.2, 0) is 23.2 Å². The van der Waals surface area contributed by atoms with Gasteiger partial charge in [-0.3, -0.25) is 0 Å². The van der Waals surface area contributed by atoms with Crippen LogP contribution < -0.4 is 4.68 Å². The Balaban J connectivity index is 0.000000170. The first-order valence-electron chi connectivity index (χ1n) is 9.95. The molecule has 3 aromatic carbocycles. The summed E-state index contributed by atoms with van der Waals surface area (Å²) in [6, 6.07) is 23.3. The highest BCUT2D eigenvalue weighted by atomic mass is 32.2. The first kappa shape index (κ1) is 20.3. The number of hydrogen-bond acceptors (Lipinski definition) is 3. The quantitative estimate of drug-likeness (QED) is 0.360. The molecular formula is C24H24N2O3S. The van der Waals surface area contributed by atoms with Crippen molar-refractivity contribution in [3.05, 3.63) is 83.9 Å². The van der Waals surface area contributed by atoms with Crippen molar-refractivity contribution in [3.8, 4) is 11.3 Å². The topological polar surface area (TPSA) is 66.0 Å². The van der Waals surface area contributed by atoms with E-state index in [-0.39, 0.29) is 4.90 Å². The number of nitrogens with zero attached hydrogens (tertiary/aromatic N) is 2. The third kappa shape index (κ3) is 4.01. The molecule has 0 unspecified atom stereocenters. The number of aryl methyl sites for hydroxylation is 3. The molecule has 4 aromatic rings. The van der Waals surface area contributed by atoms with Crippen LogP contribution in [-0.4, -0.2) is 17.7 Å². The zero-order valence-electron chi connectivity index (χ0n) is 17.1. The number of hydrogen-bond donors (Lipinski definition) is 0. The second-order valence-corrected chi connectivity index (χ2v) is 8.98. The molecule has 5 nitrogen and oxygen atoms in total. The van der Waals surface area contributed by atoms with E-state index in [1.165, 1.54) is 46.3 Å². The largest absolute Gasteiger partial charge is 0.744 e. The molecular weight excluding hydrogens is 396 g/mol. The van der Waals surface area contributed by atoms with E-state index in [9.17, 15) is 13.0 Å². The van der Waals surface area contributed by atoms with Gasteiger partial charge in [-0.15, -0.1) is 4.68 Å². The molecule has 1 aromatic heterocycles. The van der Waals surface area contributed by atoms with Crippen LogP contribution >= 0.6 is 0 Å². The van der Waals surface area contributed by atoms with Crippen molar-refractivity contribution in [1.82, 2.24) is 4.68 Å². The van der Waals surface area contributed by atoms with Gasteiger partial charge in [0.25, 0.3) is 0 Å². The van der Waals surface area contributed by atoms with E-state index in [1.54, 1.807) is 12.1 Å². The molecule has 154 valence electrons. The molecule has 1 aliphatic heterocycles. The normalized spacial score (nSPS) is 13.0. The van der Waals surface area contributed by atoms with Gasteiger partial charge in [0, 0.05) is 12.0 Å². The first-order valence-corrected chi connectivity index (χ1v) is 11.4. The average Bonchev–Trinajstić information content (AvgIpc) is 3.29.